The van der Waals surface area contributed by atoms with E-state index in [4.69, 9.17) is 0 Å². The molecule has 0 bridgehead atoms. The summed E-state index contributed by atoms with van der Waals surface area (Å²) in [7, 11) is 2.01. The fourth-order valence-electron chi connectivity index (χ4n) is 3.13. The molecule has 0 spiro atoms. The number of halogens is 5. The zero-order valence-corrected chi connectivity index (χ0v) is 17.9. The smallest absolute Gasteiger partial charge is 0.401 e. The number of benzene rings is 2. The molecule has 1 heterocycles. The van der Waals surface area contributed by atoms with Gasteiger partial charge in [0.2, 0.25) is 0 Å². The minimum absolute atomic E-state index is 0. The average molecular weight is 466 g/mol. The summed E-state index contributed by atoms with van der Waals surface area (Å²) in [5.74, 6) is -0.942. The Morgan fingerprint density at radius 1 is 1.00 bits per heavy atom. The lowest BCUT2D eigenvalue weighted by Crippen LogP contribution is -2.36. The lowest BCUT2D eigenvalue weighted by molar-refractivity contribution is -0.274. The number of carbonyl (C=O) groups excluding carboxylic acids is 1. The van der Waals surface area contributed by atoms with E-state index in [1.807, 2.05) is 7.05 Å². The van der Waals surface area contributed by atoms with Gasteiger partial charge in [0.05, 0.1) is 11.4 Å². The molecule has 0 saturated carbocycles. The van der Waals surface area contributed by atoms with E-state index in [9.17, 15) is 18.0 Å². The monoisotopic (exact) mass is 465 g/mol. The number of para-hydroxylation sites is 1. The normalized spacial score (nSPS) is 14.8. The number of carbonyl (C=O) groups is 1. The predicted molar refractivity (Wildman–Crippen MR) is 116 cm³/mol. The quantitative estimate of drug-likeness (QED) is 0.637. The van der Waals surface area contributed by atoms with E-state index in [-0.39, 0.29) is 42.2 Å². The Labute approximate surface area is 185 Å². The van der Waals surface area contributed by atoms with E-state index < -0.39 is 18.0 Å². The van der Waals surface area contributed by atoms with Gasteiger partial charge < -0.3 is 20.3 Å². The molecule has 1 amide bonds. The average Bonchev–Trinajstić information content (AvgIpc) is 2.66. The van der Waals surface area contributed by atoms with Gasteiger partial charge in [0.25, 0.3) is 5.91 Å². The van der Waals surface area contributed by atoms with Gasteiger partial charge in [-0.2, -0.15) is 0 Å². The highest BCUT2D eigenvalue weighted by molar-refractivity contribution is 6.05. The maximum atomic E-state index is 13.0. The number of rotatable bonds is 5. The standard InChI is InChI=1S/C20H22F3N3O2.2ClH/c1-26-12-10-15(11-13-26)24-16-8-5-9-17(18(16)28-20(21,22)23)25-19(27)14-6-3-2-4-7-14;;/h2-9,15,24H,10-13H2,1H3,(H,25,27);2*1H. The second-order valence-electron chi connectivity index (χ2n) is 6.77. The molecule has 1 fully saturated rings. The number of likely N-dealkylation sites (tertiary alicyclic amines) is 1. The molecule has 2 N–H and O–H groups in total. The molecule has 0 aliphatic carbocycles. The van der Waals surface area contributed by atoms with E-state index in [1.165, 1.54) is 12.1 Å². The van der Waals surface area contributed by atoms with Crippen LogP contribution in [0.2, 0.25) is 0 Å². The maximum absolute atomic E-state index is 13.0. The van der Waals surface area contributed by atoms with Crippen LogP contribution in [0.4, 0.5) is 24.5 Å². The van der Waals surface area contributed by atoms with Gasteiger partial charge in [-0.25, -0.2) is 0 Å². The summed E-state index contributed by atoms with van der Waals surface area (Å²) in [4.78, 5) is 14.6. The molecule has 30 heavy (non-hydrogen) atoms. The zero-order chi connectivity index (χ0) is 20.1. The molecule has 2 aromatic carbocycles. The number of nitrogens with one attached hydrogen (secondary N) is 2. The van der Waals surface area contributed by atoms with Crippen molar-refractivity contribution in [2.75, 3.05) is 30.8 Å². The molecule has 0 unspecified atom stereocenters. The minimum Gasteiger partial charge on any atom is -0.401 e. The summed E-state index contributed by atoms with van der Waals surface area (Å²) < 4.78 is 43.3. The minimum atomic E-state index is -4.88. The van der Waals surface area contributed by atoms with Crippen LogP contribution in [0.15, 0.2) is 48.5 Å². The van der Waals surface area contributed by atoms with Crippen molar-refractivity contribution in [3.63, 3.8) is 0 Å². The number of piperidine rings is 1. The highest BCUT2D eigenvalue weighted by atomic mass is 35.5. The molecular weight excluding hydrogens is 442 g/mol. The summed E-state index contributed by atoms with van der Waals surface area (Å²) in [6, 6.07) is 12.8. The van der Waals surface area contributed by atoms with Crippen LogP contribution in [-0.2, 0) is 0 Å². The van der Waals surface area contributed by atoms with Crippen molar-refractivity contribution in [2.45, 2.75) is 25.2 Å². The van der Waals surface area contributed by atoms with E-state index >= 15 is 0 Å². The number of ether oxygens (including phenoxy) is 1. The Bertz CT molecular complexity index is 815. The number of nitrogens with zero attached hydrogens (tertiary/aromatic N) is 1. The van der Waals surface area contributed by atoms with Crippen LogP contribution in [0, 0.1) is 0 Å². The Hall–Kier alpha value is -2.16. The molecule has 2 aromatic rings. The number of anilines is 2. The molecular formula is C20H24Cl2F3N3O2. The van der Waals surface area contributed by atoms with Gasteiger partial charge in [-0.3, -0.25) is 4.79 Å². The van der Waals surface area contributed by atoms with Gasteiger partial charge in [-0.1, -0.05) is 24.3 Å². The van der Waals surface area contributed by atoms with Crippen LogP contribution < -0.4 is 15.4 Å². The Morgan fingerprint density at radius 3 is 2.20 bits per heavy atom. The first-order valence-corrected chi connectivity index (χ1v) is 9.02. The van der Waals surface area contributed by atoms with Gasteiger partial charge in [-0.15, -0.1) is 38.0 Å². The molecule has 1 saturated heterocycles. The van der Waals surface area contributed by atoms with Gasteiger partial charge in [0, 0.05) is 11.6 Å². The lowest BCUT2D eigenvalue weighted by atomic mass is 10.0. The van der Waals surface area contributed by atoms with E-state index in [1.54, 1.807) is 36.4 Å². The number of hydrogen-bond donors (Lipinski definition) is 2. The molecule has 0 aromatic heterocycles. The van der Waals surface area contributed by atoms with Gasteiger partial charge in [0.1, 0.15) is 0 Å². The van der Waals surface area contributed by atoms with E-state index in [0.29, 0.717) is 5.56 Å². The third-order valence-electron chi connectivity index (χ3n) is 4.60. The summed E-state index contributed by atoms with van der Waals surface area (Å²) in [6.07, 6.45) is -3.26. The molecule has 5 nitrogen and oxygen atoms in total. The summed E-state index contributed by atoms with van der Waals surface area (Å²) in [5, 5.41) is 5.66. The van der Waals surface area contributed by atoms with Crippen molar-refractivity contribution < 1.29 is 22.7 Å². The van der Waals surface area contributed by atoms with Crippen LogP contribution in [0.3, 0.4) is 0 Å². The highest BCUT2D eigenvalue weighted by Crippen LogP contribution is 2.38. The van der Waals surface area contributed by atoms with Crippen LogP contribution >= 0.6 is 24.8 Å². The predicted octanol–water partition coefficient (Wildman–Crippen LogP) is 5.19. The fourth-order valence-corrected chi connectivity index (χ4v) is 3.13. The molecule has 3 rings (SSSR count). The lowest BCUT2D eigenvalue weighted by Gasteiger charge is -2.31. The Balaban J connectivity index is 0.00000225. The number of alkyl halides is 3. The first-order chi connectivity index (χ1) is 13.3. The molecule has 10 heteroatoms. The molecule has 0 radical (unpaired) electrons. The third kappa shape index (κ3) is 7.27. The molecule has 0 atom stereocenters. The van der Waals surface area contributed by atoms with Crippen molar-refractivity contribution in [2.24, 2.45) is 0 Å². The van der Waals surface area contributed by atoms with Crippen LogP contribution in [0.5, 0.6) is 5.75 Å². The van der Waals surface area contributed by atoms with E-state index in [2.05, 4.69) is 20.3 Å². The van der Waals surface area contributed by atoms with Gasteiger partial charge in [-0.05, 0) is 57.2 Å². The first-order valence-electron chi connectivity index (χ1n) is 9.02. The summed E-state index contributed by atoms with van der Waals surface area (Å²) >= 11 is 0. The summed E-state index contributed by atoms with van der Waals surface area (Å²) in [6.45, 7) is 1.72. The van der Waals surface area contributed by atoms with Crippen molar-refractivity contribution in [3.05, 3.63) is 54.1 Å². The van der Waals surface area contributed by atoms with Crippen molar-refractivity contribution in [3.8, 4) is 5.75 Å². The molecule has 166 valence electrons. The highest BCUT2D eigenvalue weighted by Gasteiger charge is 2.34. The second kappa shape index (κ2) is 11.3. The largest absolute Gasteiger partial charge is 0.573 e. The first kappa shape index (κ1) is 25.9. The van der Waals surface area contributed by atoms with Crippen molar-refractivity contribution >= 4 is 42.1 Å². The van der Waals surface area contributed by atoms with Crippen molar-refractivity contribution in [1.82, 2.24) is 4.90 Å². The second-order valence-corrected chi connectivity index (χ2v) is 6.77. The third-order valence-corrected chi connectivity index (χ3v) is 4.60. The SMILES string of the molecule is CN1CCC(Nc2cccc(NC(=O)c3ccccc3)c2OC(F)(F)F)CC1.Cl.Cl. The van der Waals surface area contributed by atoms with Crippen LogP contribution in [0.1, 0.15) is 23.2 Å². The molecule has 1 aliphatic rings. The Kier molecular flexibility index (Phi) is 9.74. The van der Waals surface area contributed by atoms with Gasteiger partial charge >= 0.3 is 6.36 Å². The van der Waals surface area contributed by atoms with Crippen LogP contribution in [-0.4, -0.2) is 43.3 Å². The number of hydrogen-bond acceptors (Lipinski definition) is 4. The molecule has 1 aliphatic heterocycles. The van der Waals surface area contributed by atoms with E-state index in [0.717, 1.165) is 25.9 Å². The topological polar surface area (TPSA) is 53.6 Å². The summed E-state index contributed by atoms with van der Waals surface area (Å²) in [5.41, 5.74) is 0.510. The zero-order valence-electron chi connectivity index (χ0n) is 16.2. The Morgan fingerprint density at radius 2 is 1.60 bits per heavy atom. The maximum Gasteiger partial charge on any atom is 0.573 e. The number of amides is 1. The van der Waals surface area contributed by atoms with Gasteiger partial charge in [0.15, 0.2) is 5.75 Å². The fraction of sp³-hybridized carbons (Fsp3) is 0.350. The van der Waals surface area contributed by atoms with Crippen LogP contribution in [0.25, 0.3) is 0 Å². The van der Waals surface area contributed by atoms with Crippen molar-refractivity contribution in [1.29, 1.82) is 0 Å².